The van der Waals surface area contributed by atoms with Crippen molar-refractivity contribution in [1.29, 1.82) is 0 Å². The molecule has 10 aromatic rings. The summed E-state index contributed by atoms with van der Waals surface area (Å²) in [5.74, 6) is 0.730. The summed E-state index contributed by atoms with van der Waals surface area (Å²) in [6.07, 6.45) is 0.684. The van der Waals surface area contributed by atoms with Gasteiger partial charge in [-0.05, 0) is 95.6 Å². The molecule has 0 radical (unpaired) electrons. The molecule has 0 unspecified atom stereocenters. The molecule has 0 bridgehead atoms. The summed E-state index contributed by atoms with van der Waals surface area (Å²) in [5.41, 5.74) is 22.3. The fourth-order valence-electron chi connectivity index (χ4n) is 10.2. The van der Waals surface area contributed by atoms with Crippen LogP contribution in [0.5, 0.6) is 0 Å². The van der Waals surface area contributed by atoms with Crippen molar-refractivity contribution in [3.05, 3.63) is 264 Å². The van der Waals surface area contributed by atoms with Crippen LogP contribution < -0.4 is 0 Å². The summed E-state index contributed by atoms with van der Waals surface area (Å²) < 4.78 is 0. The van der Waals surface area contributed by atoms with E-state index in [1.807, 2.05) is 19.9 Å². The van der Waals surface area contributed by atoms with Crippen LogP contribution in [0.4, 0.5) is 0 Å². The van der Waals surface area contributed by atoms with E-state index in [0.717, 1.165) is 28.3 Å². The third kappa shape index (κ3) is 7.30. The smallest absolute Gasteiger partial charge is 0.160 e. The van der Waals surface area contributed by atoms with Gasteiger partial charge < -0.3 is 0 Å². The van der Waals surface area contributed by atoms with Gasteiger partial charge in [0, 0.05) is 54.4 Å². The normalized spacial score (nSPS) is 12.2. The van der Waals surface area contributed by atoms with E-state index in [2.05, 4.69) is 224 Å². The zero-order valence-electron chi connectivity index (χ0n) is 36.5. The first-order valence-electron chi connectivity index (χ1n) is 22.4. The largest absolute Gasteiger partial charge is 0.233 e. The Hall–Kier alpha value is -6.89. The van der Waals surface area contributed by atoms with Crippen LogP contribution in [-0.4, -0.2) is 9.97 Å². The minimum Gasteiger partial charge on any atom is -0.233 e. The van der Waals surface area contributed by atoms with Gasteiger partial charge in [0.15, 0.2) is 5.82 Å². The van der Waals surface area contributed by atoms with Crippen molar-refractivity contribution < 1.29 is 31.1 Å². The van der Waals surface area contributed by atoms with Crippen LogP contribution in [0.25, 0.3) is 78.3 Å². The number of rotatable bonds is 7. The molecule has 0 fully saturated rings. The Labute approximate surface area is 406 Å². The predicted molar refractivity (Wildman–Crippen MR) is 266 cm³/mol. The van der Waals surface area contributed by atoms with Crippen molar-refractivity contribution in [3.63, 3.8) is 0 Å². The first kappa shape index (κ1) is 42.1. The molecule has 2 aliphatic rings. The Balaban J connectivity index is 0.00000164. The molecule has 2 aliphatic carbocycles. The molecule has 0 amide bonds. The van der Waals surface area contributed by atoms with E-state index in [1.165, 1.54) is 83.5 Å². The number of hydrogen-bond acceptors (Lipinski definition) is 2. The van der Waals surface area contributed by atoms with E-state index in [1.54, 1.807) is 0 Å². The van der Waals surface area contributed by atoms with Crippen molar-refractivity contribution in [1.82, 2.24) is 9.97 Å². The molecule has 0 aliphatic heterocycles. The number of hydrogen-bond donors (Lipinski definition) is 0. The summed E-state index contributed by atoms with van der Waals surface area (Å²) in [4.78, 5) is 10.7. The molecule has 12 rings (SSSR count). The van der Waals surface area contributed by atoms with Crippen LogP contribution in [-0.2, 0) is 11.8 Å². The van der Waals surface area contributed by atoms with Crippen LogP contribution >= 0.6 is 0 Å². The zero-order valence-corrected chi connectivity index (χ0v) is 40.7. The van der Waals surface area contributed by atoms with Gasteiger partial charge in [-0.2, -0.15) is 0 Å². The molecule has 0 saturated heterocycles. The van der Waals surface area contributed by atoms with E-state index < -0.39 is 5.41 Å². The molecule has 9 aromatic carbocycles. The van der Waals surface area contributed by atoms with Crippen LogP contribution in [0.15, 0.2) is 231 Å². The van der Waals surface area contributed by atoms with Gasteiger partial charge in [-0.15, -0.1) is 0 Å². The minimum atomic E-state index is -0.484. The number of fused-ring (bicyclic) bond motifs is 10. The number of benzene rings is 9. The van der Waals surface area contributed by atoms with Crippen molar-refractivity contribution in [2.45, 2.75) is 25.7 Å². The van der Waals surface area contributed by atoms with Gasteiger partial charge in [0.05, 0.1) is 11.1 Å². The van der Waals surface area contributed by atoms with Gasteiger partial charge >= 0.3 is 0 Å². The maximum Gasteiger partial charge on any atom is 0.160 e. The summed E-state index contributed by atoms with van der Waals surface area (Å²) in [5, 5.41) is 0. The third-order valence-electron chi connectivity index (χ3n) is 13.0. The summed E-state index contributed by atoms with van der Waals surface area (Å²) >= 11 is 0. The Morgan fingerprint density at radius 1 is 0.338 bits per heavy atom. The van der Waals surface area contributed by atoms with Crippen LogP contribution in [0.3, 0.4) is 0 Å². The Morgan fingerprint density at radius 3 is 1.35 bits per heavy atom. The topological polar surface area (TPSA) is 25.8 Å². The van der Waals surface area contributed by atoms with E-state index in [4.69, 9.17) is 9.97 Å². The van der Waals surface area contributed by atoms with Gasteiger partial charge in [-0.3, -0.25) is 0 Å². The van der Waals surface area contributed by atoms with Crippen molar-refractivity contribution in [3.8, 4) is 78.3 Å². The molecule has 1 aromatic heterocycles. The second-order valence-corrected chi connectivity index (χ2v) is 16.4. The van der Waals surface area contributed by atoms with E-state index in [0.29, 0.717) is 6.42 Å². The third-order valence-corrected chi connectivity index (χ3v) is 13.0. The van der Waals surface area contributed by atoms with Gasteiger partial charge in [0.2, 0.25) is 0 Å². The second kappa shape index (κ2) is 17.9. The van der Waals surface area contributed by atoms with Crippen molar-refractivity contribution >= 4 is 0 Å². The quantitative estimate of drug-likeness (QED) is 0.159. The van der Waals surface area contributed by atoms with E-state index in [-0.39, 0.29) is 31.1 Å². The van der Waals surface area contributed by atoms with Gasteiger partial charge in [0.1, 0.15) is 0 Å². The average Bonchev–Trinajstić information content (AvgIpc) is 3.85. The standard InChI is InChI=1S/C60H40N2.C2H6.U/c1-4-15-41(16-5-1)43-29-27-40(28-30-43)37-48-39-57(62-59(61-48)46-19-8-3-9-20-46)51-23-14-26-56-58(51)52-38-47(45-33-31-44(32-34-45)42-17-6-2-7-18-42)35-36-55(52)60(56)53-24-12-10-21-49(53)50-22-11-13-25-54(50)60;1-2;/h1-36,38-39H,37H2;1-2H3;. The zero-order chi connectivity index (χ0) is 43.0. The molecule has 1 spiro atoms. The Morgan fingerprint density at radius 2 is 0.769 bits per heavy atom. The predicted octanol–water partition coefficient (Wildman–Crippen LogP) is 15.8. The number of aromatic nitrogens is 2. The summed E-state index contributed by atoms with van der Waals surface area (Å²) in [6, 6.07) is 83.7. The molecular formula is C62H46N2U. The maximum absolute atomic E-state index is 5.43. The maximum atomic E-state index is 5.43. The van der Waals surface area contributed by atoms with Gasteiger partial charge in [-0.25, -0.2) is 9.97 Å². The van der Waals surface area contributed by atoms with E-state index >= 15 is 0 Å². The molecule has 3 heteroatoms. The summed E-state index contributed by atoms with van der Waals surface area (Å²) in [7, 11) is 0. The van der Waals surface area contributed by atoms with Gasteiger partial charge in [0.25, 0.3) is 0 Å². The van der Waals surface area contributed by atoms with Crippen molar-refractivity contribution in [2.75, 3.05) is 0 Å². The molecule has 0 N–H and O–H groups in total. The molecule has 0 atom stereocenters. The summed E-state index contributed by atoms with van der Waals surface area (Å²) in [6.45, 7) is 4.00. The van der Waals surface area contributed by atoms with Crippen LogP contribution in [0.1, 0.15) is 47.4 Å². The number of nitrogens with zero attached hydrogens (tertiary/aromatic N) is 2. The minimum absolute atomic E-state index is 0. The average molecular weight is 1060 g/mol. The first-order valence-corrected chi connectivity index (χ1v) is 22.4. The molecule has 65 heavy (non-hydrogen) atoms. The monoisotopic (exact) mass is 1060 g/mol. The van der Waals surface area contributed by atoms with Crippen LogP contribution in [0, 0.1) is 31.1 Å². The molecule has 308 valence electrons. The fraction of sp³-hybridized carbons (Fsp3) is 0.0645. The molecule has 2 nitrogen and oxygen atoms in total. The fourth-order valence-corrected chi connectivity index (χ4v) is 10.2. The SMILES string of the molecule is CC.[U].c1ccc(-c2ccc(Cc3cc(-c4cccc5c4-c4cc(-c6ccc(-c7ccccc7)cc6)ccc4C54c5ccccc5-c5ccccc54)nc(-c4ccccc4)n3)cc2)cc1. The first-order chi connectivity index (χ1) is 31.7. The second-order valence-electron chi connectivity index (χ2n) is 16.4. The molecule has 0 saturated carbocycles. The van der Waals surface area contributed by atoms with E-state index in [9.17, 15) is 0 Å². The van der Waals surface area contributed by atoms with Crippen LogP contribution in [0.2, 0.25) is 0 Å². The van der Waals surface area contributed by atoms with Gasteiger partial charge in [-0.1, -0.05) is 232 Å². The molecular weight excluding hydrogens is 1010 g/mol. The Kier molecular flexibility index (Phi) is 11.6. The molecule has 1 heterocycles. The van der Waals surface area contributed by atoms with Crippen molar-refractivity contribution in [2.24, 2.45) is 0 Å². The Bertz CT molecular complexity index is 3240.